The van der Waals surface area contributed by atoms with Gasteiger partial charge in [-0.1, -0.05) is 33.6 Å². The lowest BCUT2D eigenvalue weighted by atomic mass is 10.1. The van der Waals surface area contributed by atoms with Gasteiger partial charge in [0, 0.05) is 11.7 Å². The standard InChI is InChI=1S/C16H24N2O4/c1-4-5-6-11(9-14(19)20)17-15(21)12-7-8-13(10(2)3)18-16(12)22/h7-8,10-11H,4-6,9H2,1-3H3,(H,17,21)(H,18,22)(H,19,20)/t11-/m0/s1. The number of pyridine rings is 1. The number of carbonyl (C=O) groups is 2. The zero-order chi connectivity index (χ0) is 16.7. The Balaban J connectivity index is 2.85. The molecule has 1 rings (SSSR count). The van der Waals surface area contributed by atoms with Gasteiger partial charge in [0.15, 0.2) is 0 Å². The van der Waals surface area contributed by atoms with Gasteiger partial charge >= 0.3 is 5.97 Å². The Morgan fingerprint density at radius 1 is 1.32 bits per heavy atom. The maximum absolute atomic E-state index is 12.2. The molecule has 22 heavy (non-hydrogen) atoms. The smallest absolute Gasteiger partial charge is 0.305 e. The van der Waals surface area contributed by atoms with Crippen LogP contribution in [-0.2, 0) is 4.79 Å². The van der Waals surface area contributed by atoms with Crippen molar-refractivity contribution < 1.29 is 14.7 Å². The van der Waals surface area contributed by atoms with Crippen LogP contribution in [0.1, 0.15) is 68.4 Å². The second-order valence-electron chi connectivity index (χ2n) is 5.72. The van der Waals surface area contributed by atoms with E-state index in [-0.39, 0.29) is 17.9 Å². The number of aromatic amines is 1. The van der Waals surface area contributed by atoms with E-state index in [2.05, 4.69) is 10.3 Å². The highest BCUT2D eigenvalue weighted by molar-refractivity contribution is 5.94. The Hall–Kier alpha value is -2.11. The summed E-state index contributed by atoms with van der Waals surface area (Å²) in [5.74, 6) is -1.33. The van der Waals surface area contributed by atoms with Gasteiger partial charge in [0.2, 0.25) is 0 Å². The van der Waals surface area contributed by atoms with E-state index in [0.717, 1.165) is 18.5 Å². The zero-order valence-corrected chi connectivity index (χ0v) is 13.3. The van der Waals surface area contributed by atoms with Gasteiger partial charge in [-0.3, -0.25) is 14.4 Å². The fourth-order valence-corrected chi connectivity index (χ4v) is 2.15. The number of aromatic nitrogens is 1. The predicted octanol–water partition coefficient (Wildman–Crippen LogP) is 2.26. The minimum atomic E-state index is -0.967. The van der Waals surface area contributed by atoms with Crippen LogP contribution in [-0.4, -0.2) is 28.0 Å². The Kier molecular flexibility index (Phi) is 6.82. The van der Waals surface area contributed by atoms with Crippen molar-refractivity contribution in [2.24, 2.45) is 0 Å². The molecule has 0 bridgehead atoms. The fourth-order valence-electron chi connectivity index (χ4n) is 2.15. The van der Waals surface area contributed by atoms with Gasteiger partial charge in [0.1, 0.15) is 5.56 Å². The van der Waals surface area contributed by atoms with Crippen molar-refractivity contribution in [3.05, 3.63) is 33.7 Å². The van der Waals surface area contributed by atoms with Crippen molar-refractivity contribution in [3.8, 4) is 0 Å². The third kappa shape index (κ3) is 5.35. The first kappa shape index (κ1) is 17.9. The first-order valence-corrected chi connectivity index (χ1v) is 7.61. The number of nitrogens with one attached hydrogen (secondary N) is 2. The molecule has 0 aliphatic carbocycles. The van der Waals surface area contributed by atoms with Crippen molar-refractivity contribution in [2.45, 2.75) is 58.4 Å². The van der Waals surface area contributed by atoms with E-state index in [0.29, 0.717) is 6.42 Å². The monoisotopic (exact) mass is 308 g/mol. The molecule has 0 aliphatic heterocycles. The highest BCUT2D eigenvalue weighted by atomic mass is 16.4. The molecular formula is C16H24N2O4. The number of rotatable bonds is 8. The minimum absolute atomic E-state index is 0.0105. The van der Waals surface area contributed by atoms with Gasteiger partial charge < -0.3 is 15.4 Å². The molecule has 0 saturated carbocycles. The second-order valence-corrected chi connectivity index (χ2v) is 5.72. The van der Waals surface area contributed by atoms with E-state index in [1.807, 2.05) is 20.8 Å². The van der Waals surface area contributed by atoms with Crippen LogP contribution in [0.4, 0.5) is 0 Å². The SMILES string of the molecule is CCCC[C@@H](CC(=O)O)NC(=O)c1ccc(C(C)C)[nH]c1=O. The van der Waals surface area contributed by atoms with Gasteiger partial charge in [-0.25, -0.2) is 0 Å². The van der Waals surface area contributed by atoms with E-state index < -0.39 is 23.5 Å². The van der Waals surface area contributed by atoms with Crippen molar-refractivity contribution in [3.63, 3.8) is 0 Å². The molecule has 0 radical (unpaired) electrons. The Morgan fingerprint density at radius 3 is 2.50 bits per heavy atom. The number of amides is 1. The normalized spacial score (nSPS) is 12.2. The molecule has 6 heteroatoms. The quantitative estimate of drug-likeness (QED) is 0.686. The molecule has 1 amide bonds. The summed E-state index contributed by atoms with van der Waals surface area (Å²) in [6, 6.07) is 2.73. The van der Waals surface area contributed by atoms with Crippen LogP contribution in [0.5, 0.6) is 0 Å². The van der Waals surface area contributed by atoms with Crippen molar-refractivity contribution in [2.75, 3.05) is 0 Å². The van der Waals surface area contributed by atoms with Gasteiger partial charge in [-0.2, -0.15) is 0 Å². The minimum Gasteiger partial charge on any atom is -0.481 e. The Bertz CT molecular complexity index is 578. The zero-order valence-electron chi connectivity index (χ0n) is 13.3. The molecule has 0 fully saturated rings. The molecule has 1 aromatic rings. The fraction of sp³-hybridized carbons (Fsp3) is 0.562. The molecule has 0 aromatic carbocycles. The molecule has 1 heterocycles. The van der Waals surface area contributed by atoms with Crippen LogP contribution in [0, 0.1) is 0 Å². The average Bonchev–Trinajstić information content (AvgIpc) is 2.43. The maximum Gasteiger partial charge on any atom is 0.305 e. The second kappa shape index (κ2) is 8.36. The summed E-state index contributed by atoms with van der Waals surface area (Å²) in [5, 5.41) is 11.5. The molecule has 0 saturated heterocycles. The van der Waals surface area contributed by atoms with E-state index in [1.54, 1.807) is 6.07 Å². The maximum atomic E-state index is 12.2. The number of aliphatic carboxylic acids is 1. The predicted molar refractivity (Wildman–Crippen MR) is 84.2 cm³/mol. The molecule has 0 spiro atoms. The Morgan fingerprint density at radius 2 is 2.00 bits per heavy atom. The van der Waals surface area contributed by atoms with Crippen LogP contribution in [0.2, 0.25) is 0 Å². The summed E-state index contributed by atoms with van der Waals surface area (Å²) in [7, 11) is 0. The summed E-state index contributed by atoms with van der Waals surface area (Å²) in [6.07, 6.45) is 2.17. The number of hydrogen-bond donors (Lipinski definition) is 3. The molecule has 0 unspecified atom stereocenters. The van der Waals surface area contributed by atoms with E-state index in [1.165, 1.54) is 6.07 Å². The summed E-state index contributed by atoms with van der Waals surface area (Å²) in [6.45, 7) is 5.88. The van der Waals surface area contributed by atoms with Gasteiger partial charge in [0.05, 0.1) is 6.42 Å². The van der Waals surface area contributed by atoms with Crippen LogP contribution in [0.15, 0.2) is 16.9 Å². The summed E-state index contributed by atoms with van der Waals surface area (Å²) < 4.78 is 0. The first-order chi connectivity index (χ1) is 10.3. The van der Waals surface area contributed by atoms with Crippen molar-refractivity contribution in [1.29, 1.82) is 0 Å². The lowest BCUT2D eigenvalue weighted by Gasteiger charge is -2.16. The van der Waals surface area contributed by atoms with E-state index in [9.17, 15) is 14.4 Å². The van der Waals surface area contributed by atoms with E-state index in [4.69, 9.17) is 5.11 Å². The van der Waals surface area contributed by atoms with Crippen LogP contribution < -0.4 is 10.9 Å². The van der Waals surface area contributed by atoms with Crippen LogP contribution in [0.25, 0.3) is 0 Å². The van der Waals surface area contributed by atoms with Gasteiger partial charge in [0.25, 0.3) is 11.5 Å². The van der Waals surface area contributed by atoms with Crippen molar-refractivity contribution >= 4 is 11.9 Å². The van der Waals surface area contributed by atoms with Crippen LogP contribution in [0.3, 0.4) is 0 Å². The number of carboxylic acids is 1. The van der Waals surface area contributed by atoms with Crippen molar-refractivity contribution in [1.82, 2.24) is 10.3 Å². The molecule has 6 nitrogen and oxygen atoms in total. The lowest BCUT2D eigenvalue weighted by molar-refractivity contribution is -0.137. The molecule has 0 aliphatic rings. The number of hydrogen-bond acceptors (Lipinski definition) is 3. The highest BCUT2D eigenvalue weighted by Gasteiger charge is 2.18. The summed E-state index contributed by atoms with van der Waals surface area (Å²) >= 11 is 0. The lowest BCUT2D eigenvalue weighted by Crippen LogP contribution is -2.39. The topological polar surface area (TPSA) is 99.3 Å². The number of H-pyrrole nitrogens is 1. The molecule has 3 N–H and O–H groups in total. The molecule has 1 atom stereocenters. The van der Waals surface area contributed by atoms with Gasteiger partial charge in [-0.15, -0.1) is 0 Å². The number of unbranched alkanes of at least 4 members (excludes halogenated alkanes) is 1. The van der Waals surface area contributed by atoms with Gasteiger partial charge in [-0.05, 0) is 24.5 Å². The third-order valence-corrected chi connectivity index (χ3v) is 3.46. The largest absolute Gasteiger partial charge is 0.481 e. The molecular weight excluding hydrogens is 284 g/mol. The molecule has 122 valence electrons. The summed E-state index contributed by atoms with van der Waals surface area (Å²) in [4.78, 5) is 37.7. The Labute approximate surface area is 129 Å². The third-order valence-electron chi connectivity index (χ3n) is 3.46. The first-order valence-electron chi connectivity index (χ1n) is 7.61. The van der Waals surface area contributed by atoms with E-state index >= 15 is 0 Å². The average molecular weight is 308 g/mol. The van der Waals surface area contributed by atoms with Crippen LogP contribution >= 0.6 is 0 Å². The summed E-state index contributed by atoms with van der Waals surface area (Å²) in [5.41, 5.74) is 0.319. The number of carboxylic acid groups (broad SMARTS) is 1. The number of carbonyl (C=O) groups excluding carboxylic acids is 1. The highest BCUT2D eigenvalue weighted by Crippen LogP contribution is 2.10. The molecule has 1 aromatic heterocycles.